The lowest BCUT2D eigenvalue weighted by Crippen LogP contribution is -2.00. The number of halogens is 1. The number of aromatic nitrogens is 1. The van der Waals surface area contributed by atoms with Gasteiger partial charge >= 0.3 is 0 Å². The molecule has 0 atom stereocenters. The summed E-state index contributed by atoms with van der Waals surface area (Å²) in [7, 11) is 1.63. The SMILES string of the molecule is COc1ccc(CNc2cncc(F)c2)cc1. The Kier molecular flexibility index (Phi) is 3.55. The van der Waals surface area contributed by atoms with Crippen molar-refractivity contribution >= 4 is 5.69 Å². The molecule has 0 saturated carbocycles. The third-order valence-corrected chi connectivity index (χ3v) is 2.36. The molecule has 2 aromatic rings. The molecule has 0 fully saturated rings. The summed E-state index contributed by atoms with van der Waals surface area (Å²) in [5.74, 6) is 0.478. The number of nitrogens with one attached hydrogen (secondary N) is 1. The minimum Gasteiger partial charge on any atom is -0.497 e. The molecule has 0 bridgehead atoms. The number of benzene rings is 1. The molecule has 0 aliphatic rings. The van der Waals surface area contributed by atoms with Gasteiger partial charge in [-0.25, -0.2) is 4.39 Å². The van der Waals surface area contributed by atoms with Gasteiger partial charge in [-0.05, 0) is 17.7 Å². The van der Waals surface area contributed by atoms with E-state index < -0.39 is 0 Å². The van der Waals surface area contributed by atoms with Crippen LogP contribution in [0.5, 0.6) is 5.75 Å². The zero-order valence-corrected chi connectivity index (χ0v) is 9.48. The summed E-state index contributed by atoms with van der Waals surface area (Å²) in [6, 6.07) is 9.11. The first kappa shape index (κ1) is 11.4. The van der Waals surface area contributed by atoms with E-state index in [0.717, 1.165) is 11.3 Å². The quantitative estimate of drug-likeness (QED) is 0.880. The zero-order chi connectivity index (χ0) is 12.1. The van der Waals surface area contributed by atoms with Gasteiger partial charge in [-0.1, -0.05) is 12.1 Å². The van der Waals surface area contributed by atoms with Gasteiger partial charge in [-0.2, -0.15) is 0 Å². The smallest absolute Gasteiger partial charge is 0.143 e. The van der Waals surface area contributed by atoms with E-state index in [9.17, 15) is 4.39 Å². The van der Waals surface area contributed by atoms with Crippen LogP contribution < -0.4 is 10.1 Å². The second-order valence-electron chi connectivity index (χ2n) is 3.59. The predicted octanol–water partition coefficient (Wildman–Crippen LogP) is 2.84. The number of methoxy groups -OCH3 is 1. The molecule has 88 valence electrons. The molecule has 0 spiro atoms. The number of anilines is 1. The molecule has 3 nitrogen and oxygen atoms in total. The third-order valence-electron chi connectivity index (χ3n) is 2.36. The molecular formula is C13H13FN2O. The second kappa shape index (κ2) is 5.30. The first-order valence-corrected chi connectivity index (χ1v) is 5.25. The van der Waals surface area contributed by atoms with Crippen molar-refractivity contribution in [1.82, 2.24) is 4.98 Å². The van der Waals surface area contributed by atoms with Crippen LogP contribution in [0.1, 0.15) is 5.56 Å². The van der Waals surface area contributed by atoms with Crippen LogP contribution in [0, 0.1) is 5.82 Å². The fourth-order valence-corrected chi connectivity index (χ4v) is 1.46. The van der Waals surface area contributed by atoms with Crippen LogP contribution >= 0.6 is 0 Å². The maximum Gasteiger partial charge on any atom is 0.143 e. The van der Waals surface area contributed by atoms with Gasteiger partial charge in [0.2, 0.25) is 0 Å². The van der Waals surface area contributed by atoms with Crippen molar-refractivity contribution < 1.29 is 9.13 Å². The van der Waals surface area contributed by atoms with Crippen molar-refractivity contribution in [3.63, 3.8) is 0 Å². The number of ether oxygens (including phenoxy) is 1. The summed E-state index contributed by atoms with van der Waals surface area (Å²) in [6.45, 7) is 0.620. The zero-order valence-electron chi connectivity index (χ0n) is 9.48. The molecule has 0 amide bonds. The fourth-order valence-electron chi connectivity index (χ4n) is 1.46. The van der Waals surface area contributed by atoms with Gasteiger partial charge in [-0.15, -0.1) is 0 Å². The Morgan fingerprint density at radius 1 is 1.24 bits per heavy atom. The summed E-state index contributed by atoms with van der Waals surface area (Å²) in [5, 5.41) is 3.10. The van der Waals surface area contributed by atoms with Gasteiger partial charge in [0.15, 0.2) is 0 Å². The molecule has 0 aliphatic heterocycles. The lowest BCUT2D eigenvalue weighted by Gasteiger charge is -2.06. The Labute approximate surface area is 99.3 Å². The minimum absolute atomic E-state index is 0.343. The van der Waals surface area contributed by atoms with Crippen LogP contribution in [-0.2, 0) is 6.54 Å². The molecule has 2 rings (SSSR count). The summed E-state index contributed by atoms with van der Waals surface area (Å²) < 4.78 is 17.9. The predicted molar refractivity (Wildman–Crippen MR) is 64.5 cm³/mol. The van der Waals surface area contributed by atoms with Crippen molar-refractivity contribution in [2.75, 3.05) is 12.4 Å². The van der Waals surface area contributed by atoms with Crippen molar-refractivity contribution in [3.8, 4) is 5.75 Å². The van der Waals surface area contributed by atoms with E-state index >= 15 is 0 Å². The van der Waals surface area contributed by atoms with Crippen LogP contribution in [0.25, 0.3) is 0 Å². The van der Waals surface area contributed by atoms with Crippen molar-refractivity contribution in [2.45, 2.75) is 6.54 Å². The van der Waals surface area contributed by atoms with Gasteiger partial charge < -0.3 is 10.1 Å². The fraction of sp³-hybridized carbons (Fsp3) is 0.154. The molecule has 1 N–H and O–H groups in total. The summed E-state index contributed by atoms with van der Waals surface area (Å²) >= 11 is 0. The van der Waals surface area contributed by atoms with Crippen LogP contribution in [0.2, 0.25) is 0 Å². The van der Waals surface area contributed by atoms with Gasteiger partial charge in [0, 0.05) is 12.6 Å². The normalized spacial score (nSPS) is 10.0. The molecule has 0 saturated heterocycles. The van der Waals surface area contributed by atoms with Gasteiger partial charge in [0.1, 0.15) is 11.6 Å². The second-order valence-corrected chi connectivity index (χ2v) is 3.59. The molecule has 17 heavy (non-hydrogen) atoms. The molecule has 0 aliphatic carbocycles. The van der Waals surface area contributed by atoms with Crippen LogP contribution in [0.4, 0.5) is 10.1 Å². The summed E-state index contributed by atoms with van der Waals surface area (Å²) in [4.78, 5) is 3.77. The van der Waals surface area contributed by atoms with E-state index in [-0.39, 0.29) is 5.82 Å². The first-order chi connectivity index (χ1) is 8.28. The van der Waals surface area contributed by atoms with E-state index in [1.54, 1.807) is 13.3 Å². The molecule has 0 radical (unpaired) electrons. The lowest BCUT2D eigenvalue weighted by atomic mass is 10.2. The van der Waals surface area contributed by atoms with E-state index in [1.165, 1.54) is 12.3 Å². The maximum absolute atomic E-state index is 12.9. The Morgan fingerprint density at radius 3 is 2.65 bits per heavy atom. The topological polar surface area (TPSA) is 34.1 Å². The molecular weight excluding hydrogens is 219 g/mol. The highest BCUT2D eigenvalue weighted by molar-refractivity contribution is 5.41. The van der Waals surface area contributed by atoms with Crippen molar-refractivity contribution in [3.05, 3.63) is 54.1 Å². The van der Waals surface area contributed by atoms with E-state index in [4.69, 9.17) is 4.74 Å². The highest BCUT2D eigenvalue weighted by atomic mass is 19.1. The minimum atomic E-state index is -0.343. The Morgan fingerprint density at radius 2 is 2.00 bits per heavy atom. The van der Waals surface area contributed by atoms with Gasteiger partial charge in [0.25, 0.3) is 0 Å². The summed E-state index contributed by atoms with van der Waals surface area (Å²) in [5.41, 5.74) is 1.76. The summed E-state index contributed by atoms with van der Waals surface area (Å²) in [6.07, 6.45) is 2.77. The largest absolute Gasteiger partial charge is 0.497 e. The van der Waals surface area contributed by atoms with E-state index in [0.29, 0.717) is 12.2 Å². The van der Waals surface area contributed by atoms with Crippen molar-refractivity contribution in [1.29, 1.82) is 0 Å². The van der Waals surface area contributed by atoms with Gasteiger partial charge in [0.05, 0.1) is 25.2 Å². The third kappa shape index (κ3) is 3.17. The highest BCUT2D eigenvalue weighted by Crippen LogP contribution is 2.13. The maximum atomic E-state index is 12.9. The van der Waals surface area contributed by atoms with Crippen LogP contribution in [-0.4, -0.2) is 12.1 Å². The van der Waals surface area contributed by atoms with E-state index in [1.807, 2.05) is 24.3 Å². The average Bonchev–Trinajstić information content (AvgIpc) is 2.37. The van der Waals surface area contributed by atoms with Gasteiger partial charge in [-0.3, -0.25) is 4.98 Å². The van der Waals surface area contributed by atoms with Crippen LogP contribution in [0.15, 0.2) is 42.7 Å². The number of hydrogen-bond acceptors (Lipinski definition) is 3. The Balaban J connectivity index is 1.97. The van der Waals surface area contributed by atoms with Crippen molar-refractivity contribution in [2.24, 2.45) is 0 Å². The molecule has 1 aromatic carbocycles. The highest BCUT2D eigenvalue weighted by Gasteiger charge is 1.97. The monoisotopic (exact) mass is 232 g/mol. The Hall–Kier alpha value is -2.10. The van der Waals surface area contributed by atoms with Crippen LogP contribution in [0.3, 0.4) is 0 Å². The first-order valence-electron chi connectivity index (χ1n) is 5.25. The molecule has 1 aromatic heterocycles. The lowest BCUT2D eigenvalue weighted by molar-refractivity contribution is 0.414. The number of rotatable bonds is 4. The molecule has 4 heteroatoms. The number of nitrogens with zero attached hydrogens (tertiary/aromatic N) is 1. The average molecular weight is 232 g/mol. The number of pyridine rings is 1. The molecule has 0 unspecified atom stereocenters. The standard InChI is InChI=1S/C13H13FN2O/c1-17-13-4-2-10(3-5-13)7-16-12-6-11(14)8-15-9-12/h2-6,8-9,16H,7H2,1H3. The van der Waals surface area contributed by atoms with E-state index in [2.05, 4.69) is 10.3 Å². The Bertz CT molecular complexity index is 485. The molecule has 1 heterocycles. The number of hydrogen-bond donors (Lipinski definition) is 1.